The number of pyridine rings is 1. The van der Waals surface area contributed by atoms with E-state index in [-0.39, 0.29) is 5.91 Å². The Balaban J connectivity index is 1.60. The fraction of sp³-hybridized carbons (Fsp3) is 0.333. The van der Waals surface area contributed by atoms with Gasteiger partial charge in [0, 0.05) is 47.2 Å². The van der Waals surface area contributed by atoms with Crippen molar-refractivity contribution in [2.75, 3.05) is 25.0 Å². The lowest BCUT2D eigenvalue weighted by Gasteiger charge is -2.27. The molecule has 8 heteroatoms. The molecule has 0 saturated carbocycles. The number of H-pyrrole nitrogens is 1. The van der Waals surface area contributed by atoms with E-state index in [4.69, 9.17) is 16.3 Å². The second-order valence-corrected chi connectivity index (χ2v) is 8.51. The van der Waals surface area contributed by atoms with Crippen LogP contribution in [0.3, 0.4) is 0 Å². The number of anilines is 2. The van der Waals surface area contributed by atoms with E-state index in [1.165, 1.54) is 0 Å². The number of aromatic nitrogens is 2. The van der Waals surface area contributed by atoms with Crippen LogP contribution in [0, 0.1) is 0 Å². The van der Waals surface area contributed by atoms with Crippen LogP contribution < -0.4 is 20.7 Å². The van der Waals surface area contributed by atoms with Crippen LogP contribution in [0.5, 0.6) is 5.75 Å². The number of fused-ring (bicyclic) bond motifs is 1. The molecule has 1 unspecified atom stereocenters. The minimum absolute atomic E-state index is 0.0912. The zero-order valence-electron chi connectivity index (χ0n) is 17.9. The van der Waals surface area contributed by atoms with Gasteiger partial charge in [0.15, 0.2) is 0 Å². The topological polar surface area (TPSA) is 91.1 Å². The molecule has 166 valence electrons. The molecule has 2 aliphatic heterocycles. The fourth-order valence-electron chi connectivity index (χ4n) is 4.26. The Morgan fingerprint density at radius 2 is 2.16 bits per heavy atom. The monoisotopic (exact) mass is 451 g/mol. The number of carbonyl (C=O) groups is 1. The molecule has 2 aromatic heterocycles. The highest BCUT2D eigenvalue weighted by molar-refractivity contribution is 6.31. The highest BCUT2D eigenvalue weighted by atomic mass is 35.5. The Morgan fingerprint density at radius 1 is 1.28 bits per heavy atom. The molecular weight excluding hydrogens is 426 g/mol. The van der Waals surface area contributed by atoms with Gasteiger partial charge in [0.05, 0.1) is 23.1 Å². The maximum absolute atomic E-state index is 12.9. The number of rotatable bonds is 7. The van der Waals surface area contributed by atoms with E-state index in [0.717, 1.165) is 59.7 Å². The van der Waals surface area contributed by atoms with Crippen molar-refractivity contribution < 1.29 is 9.53 Å². The summed E-state index contributed by atoms with van der Waals surface area (Å²) in [5.74, 6) is 0.594. The largest absolute Gasteiger partial charge is 0.490 e. The molecule has 1 saturated heterocycles. The number of halogens is 1. The Kier molecular flexibility index (Phi) is 5.76. The number of nitrogens with one attached hydrogen (secondary N) is 4. The van der Waals surface area contributed by atoms with Gasteiger partial charge in [0.2, 0.25) is 0 Å². The number of ether oxygens (including phenoxy) is 1. The molecule has 2 aliphatic rings. The average Bonchev–Trinajstić information content (AvgIpc) is 3.12. The Hall–Kier alpha value is -3.03. The fourth-order valence-corrected chi connectivity index (χ4v) is 4.57. The van der Waals surface area contributed by atoms with Crippen LogP contribution in [0.1, 0.15) is 35.0 Å². The molecule has 0 aliphatic carbocycles. The smallest absolute Gasteiger partial charge is 0.255 e. The third-order valence-electron chi connectivity index (χ3n) is 6.12. The third kappa shape index (κ3) is 3.82. The van der Waals surface area contributed by atoms with Gasteiger partial charge in [-0.3, -0.25) is 9.78 Å². The molecule has 3 aromatic rings. The van der Waals surface area contributed by atoms with Crippen LogP contribution in [0.2, 0.25) is 5.02 Å². The van der Waals surface area contributed by atoms with Crippen LogP contribution in [0.4, 0.5) is 11.4 Å². The van der Waals surface area contributed by atoms with Gasteiger partial charge in [-0.25, -0.2) is 0 Å². The predicted molar refractivity (Wildman–Crippen MR) is 126 cm³/mol. The highest BCUT2D eigenvalue weighted by Crippen LogP contribution is 2.41. The van der Waals surface area contributed by atoms with Crippen molar-refractivity contribution in [3.63, 3.8) is 0 Å². The first kappa shape index (κ1) is 20.8. The number of aromatic amines is 1. The molecule has 1 aromatic carbocycles. The Bertz CT molecular complexity index is 1160. The molecule has 32 heavy (non-hydrogen) atoms. The molecule has 1 amide bonds. The van der Waals surface area contributed by atoms with Gasteiger partial charge < -0.3 is 25.7 Å². The van der Waals surface area contributed by atoms with Crippen LogP contribution in [-0.4, -0.2) is 41.6 Å². The van der Waals surface area contributed by atoms with E-state index >= 15 is 0 Å². The minimum Gasteiger partial charge on any atom is -0.490 e. The van der Waals surface area contributed by atoms with E-state index in [2.05, 4.69) is 32.8 Å². The minimum atomic E-state index is -0.0912. The van der Waals surface area contributed by atoms with Crippen molar-refractivity contribution >= 4 is 28.9 Å². The summed E-state index contributed by atoms with van der Waals surface area (Å²) in [5, 5.41) is 10.5. The molecule has 4 heterocycles. The standard InChI is InChI=1S/C24H26ClN5O2/c1-2-15-17(25)4-3-5-18(15)29-23-21-19(8-11-28-24(21)31)30-22(23)16-7-9-26-12-20(16)32-13-14-6-10-27-14/h3-5,7,9,12,14,27,29-30H,2,6,8,10-11,13H2,1H3,(H,28,31). The number of benzene rings is 1. The first-order valence-electron chi connectivity index (χ1n) is 11.0. The second kappa shape index (κ2) is 8.84. The first-order valence-corrected chi connectivity index (χ1v) is 11.4. The summed E-state index contributed by atoms with van der Waals surface area (Å²) in [5.41, 5.74) is 5.85. The predicted octanol–water partition coefficient (Wildman–Crippen LogP) is 4.06. The first-order chi connectivity index (χ1) is 15.7. The Morgan fingerprint density at radius 3 is 2.94 bits per heavy atom. The van der Waals surface area contributed by atoms with Crippen molar-refractivity contribution in [2.45, 2.75) is 32.2 Å². The van der Waals surface area contributed by atoms with Gasteiger partial charge in [0.25, 0.3) is 5.91 Å². The molecule has 0 spiro atoms. The van der Waals surface area contributed by atoms with Crippen molar-refractivity contribution in [3.05, 3.63) is 58.5 Å². The van der Waals surface area contributed by atoms with Crippen LogP contribution >= 0.6 is 11.6 Å². The number of nitrogens with zero attached hydrogens (tertiary/aromatic N) is 1. The zero-order chi connectivity index (χ0) is 22.1. The number of carbonyl (C=O) groups excluding carboxylic acids is 1. The summed E-state index contributed by atoms with van der Waals surface area (Å²) in [6, 6.07) is 8.06. The van der Waals surface area contributed by atoms with E-state index in [1.54, 1.807) is 12.4 Å². The van der Waals surface area contributed by atoms with Gasteiger partial charge in [-0.1, -0.05) is 24.6 Å². The second-order valence-electron chi connectivity index (χ2n) is 8.10. The lowest BCUT2D eigenvalue weighted by Crippen LogP contribution is -2.46. The molecule has 7 nitrogen and oxygen atoms in total. The van der Waals surface area contributed by atoms with Gasteiger partial charge in [-0.2, -0.15) is 0 Å². The van der Waals surface area contributed by atoms with Crippen LogP contribution in [0.25, 0.3) is 11.3 Å². The summed E-state index contributed by atoms with van der Waals surface area (Å²) in [6.07, 6.45) is 6.08. The highest BCUT2D eigenvalue weighted by Gasteiger charge is 2.29. The van der Waals surface area contributed by atoms with E-state index < -0.39 is 0 Å². The molecule has 1 fully saturated rings. The molecule has 5 rings (SSSR count). The number of amides is 1. The maximum Gasteiger partial charge on any atom is 0.255 e. The molecular formula is C24H26ClN5O2. The van der Waals surface area contributed by atoms with Crippen molar-refractivity contribution in [3.8, 4) is 17.0 Å². The van der Waals surface area contributed by atoms with Gasteiger partial charge in [-0.15, -0.1) is 0 Å². The van der Waals surface area contributed by atoms with Gasteiger partial charge in [0.1, 0.15) is 12.4 Å². The van der Waals surface area contributed by atoms with E-state index in [9.17, 15) is 4.79 Å². The van der Waals surface area contributed by atoms with E-state index in [0.29, 0.717) is 35.5 Å². The number of hydrogen-bond acceptors (Lipinski definition) is 5. The molecule has 0 bridgehead atoms. The molecule has 4 N–H and O–H groups in total. The molecule has 1 atom stereocenters. The van der Waals surface area contributed by atoms with Crippen molar-refractivity contribution in [1.29, 1.82) is 0 Å². The van der Waals surface area contributed by atoms with Crippen LogP contribution in [0.15, 0.2) is 36.7 Å². The quantitative estimate of drug-likeness (QED) is 0.435. The number of hydrogen-bond donors (Lipinski definition) is 4. The summed E-state index contributed by atoms with van der Waals surface area (Å²) in [7, 11) is 0. The summed E-state index contributed by atoms with van der Waals surface area (Å²) in [4.78, 5) is 20.6. The van der Waals surface area contributed by atoms with Crippen LogP contribution in [-0.2, 0) is 12.8 Å². The summed E-state index contributed by atoms with van der Waals surface area (Å²) in [6.45, 7) is 4.28. The average molecular weight is 452 g/mol. The zero-order valence-corrected chi connectivity index (χ0v) is 18.7. The molecule has 0 radical (unpaired) electrons. The van der Waals surface area contributed by atoms with Gasteiger partial charge in [-0.05, 0) is 43.1 Å². The van der Waals surface area contributed by atoms with Gasteiger partial charge >= 0.3 is 0 Å². The maximum atomic E-state index is 12.9. The normalized spacial score (nSPS) is 17.3. The lowest BCUT2D eigenvalue weighted by molar-refractivity contribution is 0.0947. The summed E-state index contributed by atoms with van der Waals surface area (Å²) < 4.78 is 6.13. The SMILES string of the molecule is CCc1c(Cl)cccc1Nc1c(-c2ccncc2OCC2CCN2)[nH]c2c1C(=O)NCC2. The Labute approximate surface area is 191 Å². The van der Waals surface area contributed by atoms with Crippen molar-refractivity contribution in [2.24, 2.45) is 0 Å². The lowest BCUT2D eigenvalue weighted by atomic mass is 10.0. The summed E-state index contributed by atoms with van der Waals surface area (Å²) >= 11 is 6.45. The van der Waals surface area contributed by atoms with Crippen molar-refractivity contribution in [1.82, 2.24) is 20.6 Å². The van der Waals surface area contributed by atoms with E-state index in [1.807, 2.05) is 24.3 Å². The third-order valence-corrected chi connectivity index (χ3v) is 6.47.